The number of nitrogens with zero attached hydrogens (tertiary/aromatic N) is 10. The number of carbonyl (C=O) groups is 2. The summed E-state index contributed by atoms with van der Waals surface area (Å²) in [5, 5.41) is 13.0. The van der Waals surface area contributed by atoms with Gasteiger partial charge in [-0.3, -0.25) is 9.98 Å². The monoisotopic (exact) mass is 1150 g/mol. The van der Waals surface area contributed by atoms with E-state index in [1.54, 1.807) is 26.0 Å². The first kappa shape index (κ1) is 52.9. The number of thiazole rings is 2. The van der Waals surface area contributed by atoms with Gasteiger partial charge in [0.2, 0.25) is 0 Å². The molecule has 0 radical (unpaired) electrons. The Kier molecular flexibility index (Phi) is 17.6. The van der Waals surface area contributed by atoms with E-state index in [1.165, 1.54) is 69.5 Å². The Balaban J connectivity index is 0.000000211. The Hall–Kier alpha value is -6.96. The molecule has 4 aromatic carbocycles. The van der Waals surface area contributed by atoms with E-state index in [0.29, 0.717) is 27.1 Å². The lowest BCUT2D eigenvalue weighted by Gasteiger charge is -2.37. The van der Waals surface area contributed by atoms with E-state index in [1.807, 2.05) is 69.7 Å². The third-order valence-electron chi connectivity index (χ3n) is 11.3. The molecule has 4 aromatic heterocycles. The molecule has 0 spiro atoms. The van der Waals surface area contributed by atoms with Crippen molar-refractivity contribution >= 4 is 94.0 Å². The molecule has 0 fully saturated rings. The second kappa shape index (κ2) is 24.0. The Bertz CT molecular complexity index is 2910. The molecule has 0 aliphatic rings. The highest BCUT2D eigenvalue weighted by Crippen LogP contribution is 2.47. The van der Waals surface area contributed by atoms with Crippen LogP contribution in [0.4, 0.5) is 38.5 Å². The van der Waals surface area contributed by atoms with Crippen LogP contribution >= 0.6 is 56.9 Å². The number of hydrogen-bond donors (Lipinski definition) is 0. The van der Waals surface area contributed by atoms with E-state index in [9.17, 15) is 18.4 Å². The molecule has 0 aliphatic carbocycles. The van der Waals surface area contributed by atoms with Gasteiger partial charge in [0, 0.05) is 45.1 Å². The van der Waals surface area contributed by atoms with Gasteiger partial charge in [-0.05, 0) is 84.6 Å². The van der Waals surface area contributed by atoms with Gasteiger partial charge in [0.15, 0.2) is 17.3 Å². The maximum absolute atomic E-state index is 15.3. The largest absolute Gasteiger partial charge is 0.510 e. The summed E-state index contributed by atoms with van der Waals surface area (Å²) in [7, 11) is 0. The SMILES string of the molecule is C=Nc1ccc(-c2csc([C@H](C)C(Cn3cncn3)(OC(=O)OCCl)c3ccc(F)cc3F)n2)cc1.C=Nc1ccc(-c2csc([C@H](C)C(Cn3cncn3)(OC(=O)OCI)c3ccc(F)cc3F)n2)cc1. The molecule has 0 amide bonds. The minimum Gasteiger partial charge on any atom is -0.424 e. The number of carbonyl (C=O) groups excluding carboxylic acids is 2. The summed E-state index contributed by atoms with van der Waals surface area (Å²) in [4.78, 5) is 50.3. The van der Waals surface area contributed by atoms with Crippen molar-refractivity contribution in [2.24, 2.45) is 9.98 Å². The number of halogens is 6. The zero-order valence-corrected chi connectivity index (χ0v) is 42.5. The molecule has 16 nitrogen and oxygen atoms in total. The Morgan fingerprint density at radius 3 is 1.44 bits per heavy atom. The van der Waals surface area contributed by atoms with Crippen LogP contribution in [-0.4, -0.2) is 75.9 Å². The summed E-state index contributed by atoms with van der Waals surface area (Å²) in [5.41, 5.74) is 0.881. The van der Waals surface area contributed by atoms with Crippen LogP contribution in [-0.2, 0) is 43.2 Å². The number of alkyl halides is 2. The molecule has 0 N–H and O–H groups in total. The van der Waals surface area contributed by atoms with E-state index in [0.717, 1.165) is 41.1 Å². The van der Waals surface area contributed by atoms with Crippen molar-refractivity contribution in [3.05, 3.63) is 165 Å². The van der Waals surface area contributed by atoms with Crippen LogP contribution in [0.1, 0.15) is 46.8 Å². The molecule has 24 heteroatoms. The van der Waals surface area contributed by atoms with E-state index < -0.39 is 64.7 Å². The fraction of sp³-hybridized carbons (Fsp3) is 0.208. The maximum Gasteiger partial charge on any atom is 0.510 e. The second-order valence-electron chi connectivity index (χ2n) is 15.4. The minimum absolute atomic E-state index is 0.0211. The standard InChI is InChI=1S/C24H20ClF2N5O3S.C24H20F2IN5O3S/c1-15(22-31-21(10-36-22)16-3-6-18(28-2)7-4-16)24(35-23(33)34-12-25,11-32-14-29-13-30-32)19-8-5-17(26)9-20(19)27;1-15(22-31-21(10-36-22)16-3-6-18(28-2)7-4-16)24(35-23(33)34-12-27,11-32-14-29-13-30-32)19-8-5-17(25)9-20(19)26/h2*3-10,13-15H,2,11-12H2,1H3/t2*15-,24?/m00/s1. The number of ether oxygens (including phenoxy) is 4. The van der Waals surface area contributed by atoms with E-state index in [-0.39, 0.29) is 28.8 Å². The van der Waals surface area contributed by atoms with Crippen LogP contribution in [0.2, 0.25) is 0 Å². The highest BCUT2D eigenvalue weighted by molar-refractivity contribution is 14.1. The third kappa shape index (κ3) is 12.2. The molecule has 8 rings (SSSR count). The van der Waals surface area contributed by atoms with Crippen LogP contribution in [0, 0.1) is 23.3 Å². The van der Waals surface area contributed by atoms with Crippen LogP contribution < -0.4 is 0 Å². The Morgan fingerprint density at radius 2 is 1.10 bits per heavy atom. The van der Waals surface area contributed by atoms with Crippen LogP contribution in [0.5, 0.6) is 0 Å². The summed E-state index contributed by atoms with van der Waals surface area (Å²) in [6.45, 7) is 10.2. The molecule has 0 saturated carbocycles. The van der Waals surface area contributed by atoms with Gasteiger partial charge in [0.05, 0.1) is 47.7 Å². The van der Waals surface area contributed by atoms with Crippen LogP contribution in [0.3, 0.4) is 0 Å². The molecule has 0 bridgehead atoms. The number of hydrogen-bond acceptors (Lipinski definition) is 16. The predicted octanol–water partition coefficient (Wildman–Crippen LogP) is 12.3. The number of rotatable bonds is 18. The van der Waals surface area contributed by atoms with E-state index >= 15 is 8.78 Å². The van der Waals surface area contributed by atoms with Crippen molar-refractivity contribution in [1.82, 2.24) is 39.5 Å². The predicted molar refractivity (Wildman–Crippen MR) is 271 cm³/mol. The molecular weight excluding hydrogens is 1120 g/mol. The maximum atomic E-state index is 15.3. The van der Waals surface area contributed by atoms with Gasteiger partial charge in [0.25, 0.3) is 0 Å². The lowest BCUT2D eigenvalue weighted by Crippen LogP contribution is -2.43. The van der Waals surface area contributed by atoms with E-state index in [2.05, 4.69) is 43.6 Å². The number of benzene rings is 4. The van der Waals surface area contributed by atoms with Gasteiger partial charge in [0.1, 0.15) is 63.2 Å². The zero-order chi connectivity index (χ0) is 51.4. The van der Waals surface area contributed by atoms with Crippen molar-refractivity contribution in [2.45, 2.75) is 50.0 Å². The first-order valence-corrected chi connectivity index (χ1v) is 25.0. The van der Waals surface area contributed by atoms with Gasteiger partial charge in [-0.25, -0.2) is 56.5 Å². The van der Waals surface area contributed by atoms with E-state index in [4.69, 9.17) is 40.5 Å². The number of aliphatic imine (C=N–C) groups is 2. The molecule has 2 unspecified atom stereocenters. The van der Waals surface area contributed by atoms with Crippen molar-refractivity contribution in [3.8, 4) is 22.5 Å². The van der Waals surface area contributed by atoms with Crippen LogP contribution in [0.25, 0.3) is 22.5 Å². The highest BCUT2D eigenvalue weighted by atomic mass is 127. The molecule has 0 aliphatic heterocycles. The normalized spacial score (nSPS) is 13.6. The molecule has 72 heavy (non-hydrogen) atoms. The smallest absolute Gasteiger partial charge is 0.424 e. The van der Waals surface area contributed by atoms with Gasteiger partial charge in [-0.15, -0.1) is 22.7 Å². The molecule has 8 aromatic rings. The average Bonchev–Trinajstić information content (AvgIpc) is 4.24. The molecule has 0 saturated heterocycles. The van der Waals surface area contributed by atoms with Crippen molar-refractivity contribution in [1.29, 1.82) is 0 Å². The molecular formula is C48H40ClF4IN10O6S2. The first-order valence-electron chi connectivity index (χ1n) is 21.2. The highest BCUT2D eigenvalue weighted by Gasteiger charge is 2.49. The van der Waals surface area contributed by atoms with Gasteiger partial charge < -0.3 is 18.9 Å². The molecule has 4 atom stereocenters. The van der Waals surface area contributed by atoms with Gasteiger partial charge >= 0.3 is 12.3 Å². The van der Waals surface area contributed by atoms with Crippen molar-refractivity contribution < 1.29 is 46.1 Å². The topological polar surface area (TPSA) is 183 Å². The van der Waals surface area contributed by atoms with Gasteiger partial charge in [-0.1, -0.05) is 49.7 Å². The lowest BCUT2D eigenvalue weighted by molar-refractivity contribution is -0.0624. The van der Waals surface area contributed by atoms with Crippen molar-refractivity contribution in [2.75, 3.05) is 10.7 Å². The fourth-order valence-electron chi connectivity index (χ4n) is 7.60. The lowest BCUT2D eigenvalue weighted by atomic mass is 9.81. The quantitative estimate of drug-likeness (QED) is 0.0261. The summed E-state index contributed by atoms with van der Waals surface area (Å²) in [5.74, 6) is -4.77. The van der Waals surface area contributed by atoms with Crippen molar-refractivity contribution in [3.63, 3.8) is 0 Å². The Morgan fingerprint density at radius 1 is 0.681 bits per heavy atom. The zero-order valence-electron chi connectivity index (χ0n) is 38.0. The summed E-state index contributed by atoms with van der Waals surface area (Å²) in [6.07, 6.45) is 3.26. The molecule has 4 heterocycles. The average molecular weight is 1160 g/mol. The fourth-order valence-corrected chi connectivity index (χ4v) is 9.87. The Labute approximate surface area is 435 Å². The van der Waals surface area contributed by atoms with Crippen LogP contribution in [0.15, 0.2) is 131 Å². The summed E-state index contributed by atoms with van der Waals surface area (Å²) in [6, 6.07) is 20.3. The minimum atomic E-state index is -1.75. The number of aromatic nitrogens is 8. The molecule has 372 valence electrons. The third-order valence-corrected chi connectivity index (χ3v) is 13.7. The first-order chi connectivity index (χ1) is 34.7. The second-order valence-corrected chi connectivity index (χ2v) is 18.0. The summed E-state index contributed by atoms with van der Waals surface area (Å²) < 4.78 is 82.5. The van der Waals surface area contributed by atoms with Gasteiger partial charge in [-0.2, -0.15) is 10.2 Å². The summed E-state index contributed by atoms with van der Waals surface area (Å²) >= 11 is 10.0.